The predicted octanol–water partition coefficient (Wildman–Crippen LogP) is 3.25. The van der Waals surface area contributed by atoms with Crippen molar-refractivity contribution in [1.29, 1.82) is 0 Å². The van der Waals surface area contributed by atoms with E-state index < -0.39 is 21.7 Å². The molecule has 2 aromatic rings. The zero-order valence-electron chi connectivity index (χ0n) is 14.8. The molecule has 2 aromatic carbocycles. The molecule has 0 bridgehead atoms. The molecular weight excluding hydrogens is 343 g/mol. The van der Waals surface area contributed by atoms with E-state index in [0.717, 1.165) is 4.31 Å². The third kappa shape index (κ3) is 3.88. The van der Waals surface area contributed by atoms with Crippen molar-refractivity contribution < 1.29 is 17.6 Å². The molecule has 0 saturated carbocycles. The predicted molar refractivity (Wildman–Crippen MR) is 95.9 cm³/mol. The minimum Gasteiger partial charge on any atom is -0.322 e. The monoisotopic (exact) mass is 364 g/mol. The van der Waals surface area contributed by atoms with Crippen LogP contribution in [0.3, 0.4) is 0 Å². The topological polar surface area (TPSA) is 66.5 Å². The molecule has 5 nitrogen and oxygen atoms in total. The van der Waals surface area contributed by atoms with Gasteiger partial charge in [0.1, 0.15) is 5.82 Å². The molecule has 1 N–H and O–H groups in total. The highest BCUT2D eigenvalue weighted by Gasteiger charge is 2.23. The lowest BCUT2D eigenvalue weighted by Gasteiger charge is -2.17. The number of benzene rings is 2. The van der Waals surface area contributed by atoms with Gasteiger partial charge in [0, 0.05) is 25.3 Å². The van der Waals surface area contributed by atoms with E-state index in [-0.39, 0.29) is 10.5 Å². The van der Waals surface area contributed by atoms with Crippen LogP contribution in [0.1, 0.15) is 27.0 Å². The van der Waals surface area contributed by atoms with E-state index in [4.69, 9.17) is 0 Å². The molecule has 0 radical (unpaired) electrons. The van der Waals surface area contributed by atoms with E-state index in [1.54, 1.807) is 32.9 Å². The first kappa shape index (κ1) is 19.1. The standard InChI is InChI=1S/C18H21FN2O3S/c1-11-6-7-15(19)10-16(11)20-18(22)14-8-12(2)13(3)17(9-14)25(23,24)21(4)5/h6-10H,1-5H3,(H,20,22). The Hall–Kier alpha value is -2.25. The van der Waals surface area contributed by atoms with E-state index in [0.29, 0.717) is 22.4 Å². The summed E-state index contributed by atoms with van der Waals surface area (Å²) in [6, 6.07) is 7.07. The van der Waals surface area contributed by atoms with Crippen LogP contribution in [-0.2, 0) is 10.0 Å². The molecule has 0 aliphatic heterocycles. The third-order valence-corrected chi connectivity index (χ3v) is 6.03. The van der Waals surface area contributed by atoms with Crippen molar-refractivity contribution in [1.82, 2.24) is 4.31 Å². The number of nitrogens with zero attached hydrogens (tertiary/aromatic N) is 1. The number of rotatable bonds is 4. The third-order valence-electron chi connectivity index (χ3n) is 4.09. The van der Waals surface area contributed by atoms with Crippen molar-refractivity contribution in [2.45, 2.75) is 25.7 Å². The first-order valence-electron chi connectivity index (χ1n) is 7.65. The van der Waals surface area contributed by atoms with E-state index >= 15 is 0 Å². The summed E-state index contributed by atoms with van der Waals surface area (Å²) in [6.45, 7) is 5.19. The van der Waals surface area contributed by atoms with Crippen molar-refractivity contribution in [2.24, 2.45) is 0 Å². The van der Waals surface area contributed by atoms with Crippen molar-refractivity contribution in [3.63, 3.8) is 0 Å². The molecule has 0 saturated heterocycles. The molecule has 0 spiro atoms. The van der Waals surface area contributed by atoms with Crippen molar-refractivity contribution in [3.05, 3.63) is 58.4 Å². The summed E-state index contributed by atoms with van der Waals surface area (Å²) in [5.74, 6) is -0.955. The molecule has 0 unspecified atom stereocenters. The number of carbonyl (C=O) groups is 1. The Morgan fingerprint density at radius 2 is 1.68 bits per heavy atom. The van der Waals surface area contributed by atoms with Gasteiger partial charge in [0.05, 0.1) is 4.90 Å². The van der Waals surface area contributed by atoms with E-state index in [9.17, 15) is 17.6 Å². The number of amides is 1. The SMILES string of the molecule is Cc1ccc(F)cc1NC(=O)c1cc(C)c(C)c(S(=O)(=O)N(C)C)c1. The van der Waals surface area contributed by atoms with Crippen molar-refractivity contribution in [3.8, 4) is 0 Å². The highest BCUT2D eigenvalue weighted by atomic mass is 32.2. The van der Waals surface area contributed by atoms with Gasteiger partial charge < -0.3 is 5.32 Å². The second-order valence-electron chi connectivity index (χ2n) is 6.12. The van der Waals surface area contributed by atoms with E-state index in [1.165, 1.54) is 32.3 Å². The van der Waals surface area contributed by atoms with Crippen LogP contribution in [0.25, 0.3) is 0 Å². The van der Waals surface area contributed by atoms with E-state index in [1.807, 2.05) is 0 Å². The second kappa shape index (κ2) is 6.93. The van der Waals surface area contributed by atoms with Gasteiger partial charge in [-0.25, -0.2) is 17.1 Å². The fourth-order valence-electron chi connectivity index (χ4n) is 2.35. The minimum absolute atomic E-state index is 0.0821. The largest absolute Gasteiger partial charge is 0.322 e. The Morgan fingerprint density at radius 3 is 2.28 bits per heavy atom. The molecule has 0 heterocycles. The summed E-state index contributed by atoms with van der Waals surface area (Å²) in [7, 11) is -0.806. The average Bonchev–Trinajstić information content (AvgIpc) is 2.52. The zero-order valence-corrected chi connectivity index (χ0v) is 15.7. The van der Waals surface area contributed by atoms with Crippen molar-refractivity contribution >= 4 is 21.6 Å². The molecule has 0 aliphatic rings. The van der Waals surface area contributed by atoms with Gasteiger partial charge in [-0.15, -0.1) is 0 Å². The molecule has 0 fully saturated rings. The lowest BCUT2D eigenvalue weighted by molar-refractivity contribution is 0.102. The summed E-state index contributed by atoms with van der Waals surface area (Å²) < 4.78 is 39.5. The normalized spacial score (nSPS) is 11.6. The van der Waals surface area contributed by atoms with Gasteiger partial charge in [-0.3, -0.25) is 4.79 Å². The zero-order chi connectivity index (χ0) is 18.9. The van der Waals surface area contributed by atoms with Crippen LogP contribution in [-0.4, -0.2) is 32.7 Å². The maximum Gasteiger partial charge on any atom is 0.255 e. The number of carbonyl (C=O) groups excluding carboxylic acids is 1. The number of aryl methyl sites for hydroxylation is 2. The number of halogens is 1. The van der Waals surface area contributed by atoms with Gasteiger partial charge in [-0.05, 0) is 61.7 Å². The van der Waals surface area contributed by atoms with Crippen LogP contribution in [0, 0.1) is 26.6 Å². The number of nitrogens with one attached hydrogen (secondary N) is 1. The fraction of sp³-hybridized carbons (Fsp3) is 0.278. The van der Waals surface area contributed by atoms with Gasteiger partial charge in [-0.1, -0.05) is 6.07 Å². The first-order valence-corrected chi connectivity index (χ1v) is 9.09. The van der Waals surface area contributed by atoms with Gasteiger partial charge in [-0.2, -0.15) is 0 Å². The molecule has 0 atom stereocenters. The smallest absolute Gasteiger partial charge is 0.255 e. The first-order chi connectivity index (χ1) is 11.5. The van der Waals surface area contributed by atoms with Gasteiger partial charge in [0.2, 0.25) is 10.0 Å². The molecule has 2 rings (SSSR count). The number of hydrogen-bond donors (Lipinski definition) is 1. The van der Waals surface area contributed by atoms with Crippen LogP contribution in [0.5, 0.6) is 0 Å². The van der Waals surface area contributed by atoms with Gasteiger partial charge >= 0.3 is 0 Å². The van der Waals surface area contributed by atoms with Crippen LogP contribution >= 0.6 is 0 Å². The Balaban J connectivity index is 2.48. The summed E-state index contributed by atoms with van der Waals surface area (Å²) in [5, 5.41) is 2.63. The van der Waals surface area contributed by atoms with Crippen LogP contribution in [0.2, 0.25) is 0 Å². The Morgan fingerprint density at radius 1 is 1.04 bits per heavy atom. The van der Waals surface area contributed by atoms with Gasteiger partial charge in [0.15, 0.2) is 0 Å². The average molecular weight is 364 g/mol. The summed E-state index contributed by atoms with van der Waals surface area (Å²) >= 11 is 0. The van der Waals surface area contributed by atoms with E-state index in [2.05, 4.69) is 5.32 Å². The maximum atomic E-state index is 13.4. The maximum absolute atomic E-state index is 13.4. The molecule has 0 aromatic heterocycles. The summed E-state index contributed by atoms with van der Waals surface area (Å²) in [4.78, 5) is 12.6. The Labute approximate surface area is 147 Å². The Kier molecular flexibility index (Phi) is 5.29. The highest BCUT2D eigenvalue weighted by molar-refractivity contribution is 7.89. The minimum atomic E-state index is -3.68. The fourth-order valence-corrected chi connectivity index (χ4v) is 3.56. The van der Waals surface area contributed by atoms with Crippen LogP contribution in [0.4, 0.5) is 10.1 Å². The number of anilines is 1. The molecule has 7 heteroatoms. The molecule has 25 heavy (non-hydrogen) atoms. The molecular formula is C18H21FN2O3S. The molecule has 134 valence electrons. The number of sulfonamides is 1. The summed E-state index contributed by atoms with van der Waals surface area (Å²) in [6.07, 6.45) is 0. The van der Waals surface area contributed by atoms with Crippen LogP contribution in [0.15, 0.2) is 35.2 Å². The molecule has 1 amide bonds. The highest BCUT2D eigenvalue weighted by Crippen LogP contribution is 2.24. The Bertz CT molecular complexity index is 938. The van der Waals surface area contributed by atoms with Crippen LogP contribution < -0.4 is 5.32 Å². The molecule has 0 aliphatic carbocycles. The lowest BCUT2D eigenvalue weighted by atomic mass is 10.1. The summed E-state index contributed by atoms with van der Waals surface area (Å²) in [5.41, 5.74) is 2.53. The second-order valence-corrected chi connectivity index (χ2v) is 8.24. The lowest BCUT2D eigenvalue weighted by Crippen LogP contribution is -2.24. The van der Waals surface area contributed by atoms with Crippen molar-refractivity contribution in [2.75, 3.05) is 19.4 Å². The number of hydrogen-bond acceptors (Lipinski definition) is 3. The van der Waals surface area contributed by atoms with Gasteiger partial charge in [0.25, 0.3) is 5.91 Å². The quantitative estimate of drug-likeness (QED) is 0.906.